The Balaban J connectivity index is 2.08. The van der Waals surface area contributed by atoms with Crippen molar-refractivity contribution in [1.82, 2.24) is 14.9 Å². The number of nitrogens with zero attached hydrogens (tertiary/aromatic N) is 2. The van der Waals surface area contributed by atoms with Crippen molar-refractivity contribution in [2.24, 2.45) is 10.7 Å². The highest BCUT2D eigenvalue weighted by Crippen LogP contribution is 2.08. The Morgan fingerprint density at radius 1 is 1.53 bits per heavy atom. The molecule has 6 heteroatoms. The average Bonchev–Trinajstić information content (AvgIpc) is 2.73. The van der Waals surface area contributed by atoms with Crippen molar-refractivity contribution in [3.8, 4) is 0 Å². The Morgan fingerprint density at radius 3 is 3.11 bits per heavy atom. The van der Waals surface area contributed by atoms with E-state index in [4.69, 9.17) is 5.73 Å². The second-order valence-electron chi connectivity index (χ2n) is 4.04. The summed E-state index contributed by atoms with van der Waals surface area (Å²) in [6, 6.07) is 7.56. The maximum atomic E-state index is 11.8. The van der Waals surface area contributed by atoms with Crippen LogP contribution in [0, 0.1) is 0 Å². The number of aromatic nitrogens is 2. The molecule has 0 saturated carbocycles. The minimum Gasteiger partial charge on any atom is -0.370 e. The SMILES string of the molecule is C=CCNC(N)=NCCn1c(=O)[nH]c2ccccc21. The number of hydrogen-bond acceptors (Lipinski definition) is 2. The molecule has 0 bridgehead atoms. The lowest BCUT2D eigenvalue weighted by Gasteiger charge is -2.03. The molecule has 1 aromatic carbocycles. The quantitative estimate of drug-likeness (QED) is 0.413. The molecule has 0 saturated heterocycles. The van der Waals surface area contributed by atoms with Crippen molar-refractivity contribution in [2.75, 3.05) is 13.1 Å². The number of imidazole rings is 1. The van der Waals surface area contributed by atoms with Crippen LogP contribution in [-0.2, 0) is 6.54 Å². The number of aliphatic imine (C=N–C) groups is 1. The highest BCUT2D eigenvalue weighted by atomic mass is 16.1. The van der Waals surface area contributed by atoms with E-state index >= 15 is 0 Å². The molecule has 1 heterocycles. The van der Waals surface area contributed by atoms with Gasteiger partial charge in [0.2, 0.25) is 0 Å². The number of rotatable bonds is 5. The zero-order valence-corrected chi connectivity index (χ0v) is 10.6. The summed E-state index contributed by atoms with van der Waals surface area (Å²) >= 11 is 0. The molecule has 0 unspecified atom stereocenters. The molecule has 0 fully saturated rings. The zero-order valence-electron chi connectivity index (χ0n) is 10.6. The summed E-state index contributed by atoms with van der Waals surface area (Å²) in [6.07, 6.45) is 1.70. The first-order chi connectivity index (χ1) is 9.22. The van der Waals surface area contributed by atoms with Gasteiger partial charge in [0.05, 0.1) is 17.6 Å². The van der Waals surface area contributed by atoms with E-state index in [9.17, 15) is 4.79 Å². The van der Waals surface area contributed by atoms with Crippen molar-refractivity contribution in [2.45, 2.75) is 6.54 Å². The van der Waals surface area contributed by atoms with E-state index in [1.165, 1.54) is 0 Å². The fraction of sp³-hybridized carbons (Fsp3) is 0.231. The summed E-state index contributed by atoms with van der Waals surface area (Å²) < 4.78 is 1.65. The molecule has 0 aliphatic carbocycles. The van der Waals surface area contributed by atoms with E-state index in [1.807, 2.05) is 24.3 Å². The smallest absolute Gasteiger partial charge is 0.326 e. The van der Waals surface area contributed by atoms with Crippen LogP contribution in [0.5, 0.6) is 0 Å². The molecule has 0 spiro atoms. The fourth-order valence-electron chi connectivity index (χ4n) is 1.83. The van der Waals surface area contributed by atoms with E-state index in [1.54, 1.807) is 10.6 Å². The molecular formula is C13H17N5O. The number of nitrogens with two attached hydrogens (primary N) is 1. The maximum Gasteiger partial charge on any atom is 0.326 e. The van der Waals surface area contributed by atoms with Crippen LogP contribution in [0.1, 0.15) is 0 Å². The molecular weight excluding hydrogens is 242 g/mol. The summed E-state index contributed by atoms with van der Waals surface area (Å²) in [5.41, 5.74) is 7.22. The van der Waals surface area contributed by atoms with Gasteiger partial charge in [-0.1, -0.05) is 18.2 Å². The van der Waals surface area contributed by atoms with Gasteiger partial charge in [-0.05, 0) is 12.1 Å². The molecule has 100 valence electrons. The maximum absolute atomic E-state index is 11.8. The van der Waals surface area contributed by atoms with Crippen LogP contribution in [0.15, 0.2) is 46.7 Å². The Morgan fingerprint density at radius 2 is 2.32 bits per heavy atom. The minimum atomic E-state index is -0.131. The topological polar surface area (TPSA) is 88.2 Å². The lowest BCUT2D eigenvalue weighted by molar-refractivity contribution is 0.701. The summed E-state index contributed by atoms with van der Waals surface area (Å²) in [7, 11) is 0. The van der Waals surface area contributed by atoms with Crippen LogP contribution in [0.25, 0.3) is 11.0 Å². The van der Waals surface area contributed by atoms with Crippen molar-refractivity contribution in [3.05, 3.63) is 47.4 Å². The predicted molar refractivity (Wildman–Crippen MR) is 77.2 cm³/mol. The number of para-hydroxylation sites is 2. The number of aromatic amines is 1. The number of guanidine groups is 1. The molecule has 0 radical (unpaired) electrons. The van der Waals surface area contributed by atoms with Gasteiger partial charge in [-0.25, -0.2) is 4.79 Å². The van der Waals surface area contributed by atoms with E-state index in [0.717, 1.165) is 11.0 Å². The second kappa shape index (κ2) is 5.90. The summed E-state index contributed by atoms with van der Waals surface area (Å²) in [5, 5.41) is 2.88. The standard InChI is InChI=1S/C13H17N5O/c1-2-7-15-12(14)16-8-9-18-11-6-4-3-5-10(11)17-13(18)19/h2-6H,1,7-9H2,(H,17,19)(H3,14,15,16). The van der Waals surface area contributed by atoms with Crippen molar-refractivity contribution < 1.29 is 0 Å². The van der Waals surface area contributed by atoms with Crippen LogP contribution in [0.4, 0.5) is 0 Å². The van der Waals surface area contributed by atoms with Crippen molar-refractivity contribution in [1.29, 1.82) is 0 Å². The zero-order chi connectivity index (χ0) is 13.7. The highest BCUT2D eigenvalue weighted by molar-refractivity contribution is 5.78. The normalized spacial score (nSPS) is 11.7. The van der Waals surface area contributed by atoms with Crippen LogP contribution in [0.2, 0.25) is 0 Å². The van der Waals surface area contributed by atoms with Gasteiger partial charge >= 0.3 is 5.69 Å². The average molecular weight is 259 g/mol. The summed E-state index contributed by atoms with van der Waals surface area (Å²) in [5.74, 6) is 0.354. The molecule has 0 atom stereocenters. The van der Waals surface area contributed by atoms with Crippen LogP contribution in [-0.4, -0.2) is 28.6 Å². The highest BCUT2D eigenvalue weighted by Gasteiger charge is 2.04. The molecule has 19 heavy (non-hydrogen) atoms. The summed E-state index contributed by atoms with van der Waals surface area (Å²) in [4.78, 5) is 18.7. The third-order valence-electron chi connectivity index (χ3n) is 2.71. The van der Waals surface area contributed by atoms with Gasteiger partial charge in [0.1, 0.15) is 0 Å². The monoisotopic (exact) mass is 259 g/mol. The lowest BCUT2D eigenvalue weighted by Crippen LogP contribution is -2.32. The van der Waals surface area contributed by atoms with Crippen molar-refractivity contribution in [3.63, 3.8) is 0 Å². The molecule has 0 aliphatic heterocycles. The largest absolute Gasteiger partial charge is 0.370 e. The Labute approximate surface area is 110 Å². The Hall–Kier alpha value is -2.50. The van der Waals surface area contributed by atoms with Crippen molar-refractivity contribution >= 4 is 17.0 Å². The first-order valence-corrected chi connectivity index (χ1v) is 6.04. The molecule has 2 aromatic rings. The van der Waals surface area contributed by atoms with Gasteiger partial charge in [0.15, 0.2) is 5.96 Å². The van der Waals surface area contributed by atoms with Gasteiger partial charge in [-0.2, -0.15) is 0 Å². The number of fused-ring (bicyclic) bond motifs is 1. The van der Waals surface area contributed by atoms with Crippen LogP contribution < -0.4 is 16.7 Å². The molecule has 0 amide bonds. The first-order valence-electron chi connectivity index (χ1n) is 6.04. The van der Waals surface area contributed by atoms with E-state index < -0.39 is 0 Å². The van der Waals surface area contributed by atoms with Gasteiger partial charge in [0.25, 0.3) is 0 Å². The molecule has 2 rings (SSSR count). The molecule has 4 N–H and O–H groups in total. The number of nitrogens with one attached hydrogen (secondary N) is 2. The molecule has 6 nitrogen and oxygen atoms in total. The fourth-order valence-corrected chi connectivity index (χ4v) is 1.83. The van der Waals surface area contributed by atoms with E-state index in [-0.39, 0.29) is 5.69 Å². The molecule has 1 aromatic heterocycles. The Bertz CT molecular complexity index is 652. The minimum absolute atomic E-state index is 0.131. The summed E-state index contributed by atoms with van der Waals surface area (Å²) in [6.45, 7) is 5.08. The number of hydrogen-bond donors (Lipinski definition) is 3. The third kappa shape index (κ3) is 3.04. The predicted octanol–water partition coefficient (Wildman–Crippen LogP) is 0.420. The molecule has 0 aliphatic rings. The second-order valence-corrected chi connectivity index (χ2v) is 4.04. The van der Waals surface area contributed by atoms with E-state index in [0.29, 0.717) is 25.6 Å². The van der Waals surface area contributed by atoms with Crippen LogP contribution >= 0.6 is 0 Å². The Kier molecular flexibility index (Phi) is 4.02. The van der Waals surface area contributed by atoms with Gasteiger partial charge < -0.3 is 16.0 Å². The number of benzene rings is 1. The number of H-pyrrole nitrogens is 1. The van der Waals surface area contributed by atoms with Gasteiger partial charge in [-0.3, -0.25) is 9.56 Å². The first kappa shape index (κ1) is 12.9. The van der Waals surface area contributed by atoms with Gasteiger partial charge in [-0.15, -0.1) is 6.58 Å². The van der Waals surface area contributed by atoms with Gasteiger partial charge in [0, 0.05) is 13.1 Å². The van der Waals surface area contributed by atoms with E-state index in [2.05, 4.69) is 21.9 Å². The van der Waals surface area contributed by atoms with Crippen LogP contribution in [0.3, 0.4) is 0 Å². The lowest BCUT2D eigenvalue weighted by atomic mass is 10.3. The third-order valence-corrected chi connectivity index (χ3v) is 2.71.